The van der Waals surface area contributed by atoms with Crippen molar-refractivity contribution in [1.82, 2.24) is 10.3 Å². The second kappa shape index (κ2) is 8.21. The van der Waals surface area contributed by atoms with Crippen LogP contribution in [0, 0.1) is 0 Å². The van der Waals surface area contributed by atoms with Crippen LogP contribution in [-0.2, 0) is 9.53 Å². The minimum Gasteiger partial charge on any atom is -0.476 e. The summed E-state index contributed by atoms with van der Waals surface area (Å²) in [6.45, 7) is 5.04. The second-order valence-corrected chi connectivity index (χ2v) is 4.17. The number of nitrogens with one attached hydrogen (secondary N) is 2. The minimum atomic E-state index is -0.419. The SMILES string of the molecule is CCOc1nc(NC(C)C(=O)NCCOC)ccc1N. The Morgan fingerprint density at radius 2 is 2.25 bits per heavy atom. The molecule has 1 atom stereocenters. The van der Waals surface area contributed by atoms with Gasteiger partial charge in [-0.1, -0.05) is 0 Å². The average molecular weight is 282 g/mol. The van der Waals surface area contributed by atoms with Crippen molar-refractivity contribution in [2.75, 3.05) is 37.9 Å². The minimum absolute atomic E-state index is 0.126. The van der Waals surface area contributed by atoms with E-state index < -0.39 is 6.04 Å². The number of amides is 1. The maximum absolute atomic E-state index is 11.8. The van der Waals surface area contributed by atoms with Crippen LogP contribution in [0.3, 0.4) is 0 Å². The van der Waals surface area contributed by atoms with E-state index in [9.17, 15) is 4.79 Å². The highest BCUT2D eigenvalue weighted by Gasteiger charge is 2.13. The first-order valence-electron chi connectivity index (χ1n) is 6.51. The molecule has 4 N–H and O–H groups in total. The van der Waals surface area contributed by atoms with E-state index in [2.05, 4.69) is 15.6 Å². The molecule has 1 heterocycles. The van der Waals surface area contributed by atoms with Gasteiger partial charge in [-0.05, 0) is 26.0 Å². The molecular weight excluding hydrogens is 260 g/mol. The number of hydrogen-bond donors (Lipinski definition) is 3. The topological polar surface area (TPSA) is 98.5 Å². The molecule has 0 radical (unpaired) electrons. The second-order valence-electron chi connectivity index (χ2n) is 4.17. The van der Waals surface area contributed by atoms with Crippen LogP contribution in [-0.4, -0.2) is 43.8 Å². The van der Waals surface area contributed by atoms with Crippen LogP contribution in [0.25, 0.3) is 0 Å². The largest absolute Gasteiger partial charge is 0.476 e. The number of nitrogens with two attached hydrogens (primary N) is 1. The normalized spacial score (nSPS) is 11.8. The molecule has 20 heavy (non-hydrogen) atoms. The van der Waals surface area contributed by atoms with E-state index in [1.54, 1.807) is 26.2 Å². The molecule has 0 aliphatic heterocycles. The van der Waals surface area contributed by atoms with Crippen LogP contribution in [0.15, 0.2) is 12.1 Å². The van der Waals surface area contributed by atoms with Crippen LogP contribution < -0.4 is 21.1 Å². The van der Waals surface area contributed by atoms with Crippen LogP contribution in [0.5, 0.6) is 5.88 Å². The fourth-order valence-corrected chi connectivity index (χ4v) is 1.50. The molecule has 0 aromatic carbocycles. The molecule has 0 spiro atoms. The average Bonchev–Trinajstić information content (AvgIpc) is 2.43. The third kappa shape index (κ3) is 4.93. The van der Waals surface area contributed by atoms with Crippen molar-refractivity contribution in [3.63, 3.8) is 0 Å². The molecule has 0 aliphatic rings. The highest BCUT2D eigenvalue weighted by molar-refractivity contribution is 5.83. The number of nitrogen functional groups attached to an aromatic ring is 1. The fraction of sp³-hybridized carbons (Fsp3) is 0.538. The number of carbonyl (C=O) groups excluding carboxylic acids is 1. The van der Waals surface area contributed by atoms with E-state index in [4.69, 9.17) is 15.2 Å². The lowest BCUT2D eigenvalue weighted by Crippen LogP contribution is -2.39. The quantitative estimate of drug-likeness (QED) is 0.605. The summed E-state index contributed by atoms with van der Waals surface area (Å²) in [5, 5.41) is 5.74. The molecule has 0 fully saturated rings. The first kappa shape index (κ1) is 16.0. The number of rotatable bonds is 8. The Kier molecular flexibility index (Phi) is 6.58. The van der Waals surface area contributed by atoms with Crippen LogP contribution in [0.4, 0.5) is 11.5 Å². The van der Waals surface area contributed by atoms with Crippen LogP contribution in [0.1, 0.15) is 13.8 Å². The highest BCUT2D eigenvalue weighted by Crippen LogP contribution is 2.21. The number of ether oxygens (including phenoxy) is 2. The number of pyridine rings is 1. The van der Waals surface area contributed by atoms with E-state index in [0.717, 1.165) is 0 Å². The maximum Gasteiger partial charge on any atom is 0.242 e. The highest BCUT2D eigenvalue weighted by atomic mass is 16.5. The third-order valence-electron chi connectivity index (χ3n) is 2.53. The number of nitrogens with zero attached hydrogens (tertiary/aromatic N) is 1. The van der Waals surface area contributed by atoms with Gasteiger partial charge in [0.05, 0.1) is 18.9 Å². The Morgan fingerprint density at radius 3 is 2.90 bits per heavy atom. The molecule has 112 valence electrons. The lowest BCUT2D eigenvalue weighted by Gasteiger charge is -2.15. The number of methoxy groups -OCH3 is 1. The fourth-order valence-electron chi connectivity index (χ4n) is 1.50. The molecule has 1 unspecified atom stereocenters. The molecule has 1 aromatic rings. The van der Waals surface area contributed by atoms with E-state index in [1.165, 1.54) is 0 Å². The van der Waals surface area contributed by atoms with Crippen molar-refractivity contribution < 1.29 is 14.3 Å². The van der Waals surface area contributed by atoms with E-state index >= 15 is 0 Å². The Morgan fingerprint density at radius 1 is 1.50 bits per heavy atom. The molecule has 1 rings (SSSR count). The molecule has 7 heteroatoms. The molecule has 1 amide bonds. The third-order valence-corrected chi connectivity index (χ3v) is 2.53. The first-order valence-corrected chi connectivity index (χ1v) is 6.51. The summed E-state index contributed by atoms with van der Waals surface area (Å²) in [6.07, 6.45) is 0. The number of carbonyl (C=O) groups is 1. The van der Waals surface area contributed by atoms with Crippen LogP contribution in [0.2, 0.25) is 0 Å². The summed E-state index contributed by atoms with van der Waals surface area (Å²) in [5.74, 6) is 0.778. The van der Waals surface area contributed by atoms with Gasteiger partial charge in [0.2, 0.25) is 11.8 Å². The Balaban J connectivity index is 2.58. The van der Waals surface area contributed by atoms with Gasteiger partial charge in [-0.2, -0.15) is 4.98 Å². The molecule has 0 saturated heterocycles. The zero-order valence-electron chi connectivity index (χ0n) is 12.1. The van der Waals surface area contributed by atoms with Crippen molar-refractivity contribution in [2.24, 2.45) is 0 Å². The number of aromatic nitrogens is 1. The molecule has 7 nitrogen and oxygen atoms in total. The van der Waals surface area contributed by atoms with Gasteiger partial charge in [-0.15, -0.1) is 0 Å². The van der Waals surface area contributed by atoms with E-state index in [-0.39, 0.29) is 5.91 Å². The van der Waals surface area contributed by atoms with Crippen molar-refractivity contribution in [3.8, 4) is 5.88 Å². The van der Waals surface area contributed by atoms with Crippen LogP contribution >= 0.6 is 0 Å². The molecule has 0 saturated carbocycles. The van der Waals surface area contributed by atoms with Gasteiger partial charge in [0.1, 0.15) is 11.9 Å². The van der Waals surface area contributed by atoms with E-state index in [1.807, 2.05) is 6.92 Å². The maximum atomic E-state index is 11.8. The first-order chi connectivity index (χ1) is 9.58. The van der Waals surface area contributed by atoms with Gasteiger partial charge in [0.25, 0.3) is 0 Å². The molecule has 0 aliphatic carbocycles. The molecule has 0 bridgehead atoms. The molecular formula is C13H22N4O3. The summed E-state index contributed by atoms with van der Waals surface area (Å²) in [7, 11) is 1.58. The zero-order chi connectivity index (χ0) is 15.0. The smallest absolute Gasteiger partial charge is 0.242 e. The summed E-state index contributed by atoms with van der Waals surface area (Å²) in [5.41, 5.74) is 6.21. The monoisotopic (exact) mass is 282 g/mol. The standard InChI is InChI=1S/C13H22N4O3/c1-4-20-13-10(14)5-6-11(17-13)16-9(2)12(18)15-7-8-19-3/h5-6,9H,4,7-8,14H2,1-3H3,(H,15,18)(H,16,17). The van der Waals surface area contributed by atoms with E-state index in [0.29, 0.717) is 37.1 Å². The van der Waals surface area contributed by atoms with Crippen molar-refractivity contribution in [3.05, 3.63) is 12.1 Å². The zero-order valence-corrected chi connectivity index (χ0v) is 12.1. The number of hydrogen-bond acceptors (Lipinski definition) is 6. The van der Waals surface area contributed by atoms with Gasteiger partial charge in [-0.3, -0.25) is 4.79 Å². The summed E-state index contributed by atoms with van der Waals surface area (Å²) in [6, 6.07) is 2.98. The predicted molar refractivity (Wildman–Crippen MR) is 77.8 cm³/mol. The predicted octanol–water partition coefficient (Wildman–Crippen LogP) is 0.626. The Labute approximate surface area is 118 Å². The van der Waals surface area contributed by atoms with Gasteiger partial charge < -0.3 is 25.8 Å². The van der Waals surface area contributed by atoms with Crippen molar-refractivity contribution in [1.29, 1.82) is 0 Å². The van der Waals surface area contributed by atoms with Gasteiger partial charge in [-0.25, -0.2) is 0 Å². The van der Waals surface area contributed by atoms with Gasteiger partial charge in [0.15, 0.2) is 0 Å². The Hall–Kier alpha value is -2.02. The van der Waals surface area contributed by atoms with Crippen molar-refractivity contribution >= 4 is 17.4 Å². The Bertz CT molecular complexity index is 440. The lowest BCUT2D eigenvalue weighted by molar-refractivity contribution is -0.121. The van der Waals surface area contributed by atoms with Crippen molar-refractivity contribution in [2.45, 2.75) is 19.9 Å². The number of anilines is 2. The lowest BCUT2D eigenvalue weighted by atomic mass is 10.3. The summed E-state index contributed by atoms with van der Waals surface area (Å²) in [4.78, 5) is 16.0. The van der Waals surface area contributed by atoms with Gasteiger partial charge in [0, 0.05) is 13.7 Å². The summed E-state index contributed by atoms with van der Waals surface area (Å²) < 4.78 is 10.2. The summed E-state index contributed by atoms with van der Waals surface area (Å²) >= 11 is 0. The molecule has 1 aromatic heterocycles. The van der Waals surface area contributed by atoms with Gasteiger partial charge >= 0.3 is 0 Å².